The van der Waals surface area contributed by atoms with Crippen molar-refractivity contribution in [3.8, 4) is 11.5 Å². The molecule has 2 rings (SSSR count). The minimum absolute atomic E-state index is 0.0843. The van der Waals surface area contributed by atoms with Crippen LogP contribution in [0.1, 0.15) is 10.4 Å². The zero-order valence-electron chi connectivity index (χ0n) is 9.99. The van der Waals surface area contributed by atoms with Crippen molar-refractivity contribution in [2.75, 3.05) is 5.73 Å². The molecule has 0 atom stereocenters. The topological polar surface area (TPSA) is 78.3 Å². The Kier molecular flexibility index (Phi) is 3.89. The Bertz CT molecular complexity index is 692. The first-order valence-electron chi connectivity index (χ1n) is 5.40. The van der Waals surface area contributed by atoms with Gasteiger partial charge in [0.25, 0.3) is 0 Å². The third kappa shape index (κ3) is 2.88. The van der Waals surface area contributed by atoms with Gasteiger partial charge < -0.3 is 16.2 Å². The number of carbonyl (C=O) groups excluding carboxylic acids is 1. The number of hydrogen-bond acceptors (Lipinski definition) is 3. The predicted octanol–water partition coefficient (Wildman–Crippen LogP) is 3.20. The summed E-state index contributed by atoms with van der Waals surface area (Å²) in [5.74, 6) is -3.07. The fourth-order valence-electron chi connectivity index (χ4n) is 1.52. The van der Waals surface area contributed by atoms with E-state index in [1.165, 1.54) is 24.3 Å². The molecule has 0 aliphatic rings. The van der Waals surface area contributed by atoms with Crippen molar-refractivity contribution >= 4 is 27.5 Å². The molecular weight excluding hydrogens is 334 g/mol. The Hall–Kier alpha value is -2.15. The summed E-state index contributed by atoms with van der Waals surface area (Å²) in [5, 5.41) is 0. The lowest BCUT2D eigenvalue weighted by molar-refractivity contribution is 0.100. The molecule has 20 heavy (non-hydrogen) atoms. The Morgan fingerprint density at radius 1 is 1.15 bits per heavy atom. The average Bonchev–Trinajstić information content (AvgIpc) is 2.37. The first kappa shape index (κ1) is 14.3. The number of ether oxygens (including phenoxy) is 1. The summed E-state index contributed by atoms with van der Waals surface area (Å²) in [4.78, 5) is 11.0. The second-order valence-corrected chi connectivity index (χ2v) is 4.83. The highest BCUT2D eigenvalue weighted by Crippen LogP contribution is 2.32. The lowest BCUT2D eigenvalue weighted by Gasteiger charge is -2.10. The first-order valence-corrected chi connectivity index (χ1v) is 6.19. The maximum absolute atomic E-state index is 13.6. The number of nitrogen functional groups attached to an aromatic ring is 1. The molecule has 4 N–H and O–H groups in total. The Labute approximate surface area is 121 Å². The summed E-state index contributed by atoms with van der Waals surface area (Å²) < 4.78 is 32.3. The molecule has 0 heterocycles. The van der Waals surface area contributed by atoms with Gasteiger partial charge in [-0.15, -0.1) is 0 Å². The van der Waals surface area contributed by atoms with Crippen LogP contribution in [0, 0.1) is 11.6 Å². The average molecular weight is 343 g/mol. The summed E-state index contributed by atoms with van der Waals surface area (Å²) in [6, 6.07) is 6.26. The Morgan fingerprint density at radius 2 is 1.85 bits per heavy atom. The molecule has 4 nitrogen and oxygen atoms in total. The second-order valence-electron chi connectivity index (χ2n) is 3.92. The highest BCUT2D eigenvalue weighted by molar-refractivity contribution is 9.10. The van der Waals surface area contributed by atoms with E-state index in [0.29, 0.717) is 4.47 Å². The molecule has 0 fully saturated rings. The van der Waals surface area contributed by atoms with Crippen molar-refractivity contribution in [1.82, 2.24) is 0 Å². The van der Waals surface area contributed by atoms with Gasteiger partial charge in [0.1, 0.15) is 0 Å². The third-order valence-electron chi connectivity index (χ3n) is 2.47. The predicted molar refractivity (Wildman–Crippen MR) is 73.5 cm³/mol. The van der Waals surface area contributed by atoms with Crippen molar-refractivity contribution in [1.29, 1.82) is 0 Å². The SMILES string of the molecule is NC(=O)c1ccc(Oc2cc(Br)cc(F)c2F)c(N)c1. The standard InChI is InChI=1S/C13H9BrF2N2O2/c14-7-4-8(15)12(16)11(5-7)20-10-2-1-6(13(18)19)3-9(10)17/h1-5H,17H2,(H2,18,19). The van der Waals surface area contributed by atoms with Crippen molar-refractivity contribution < 1.29 is 18.3 Å². The summed E-state index contributed by atoms with van der Waals surface area (Å²) in [6.45, 7) is 0. The van der Waals surface area contributed by atoms with Gasteiger partial charge in [0.15, 0.2) is 17.3 Å². The molecule has 1 amide bonds. The van der Waals surface area contributed by atoms with Crippen LogP contribution in [0.3, 0.4) is 0 Å². The zero-order valence-corrected chi connectivity index (χ0v) is 11.6. The number of primary amides is 1. The number of nitrogens with two attached hydrogens (primary N) is 2. The Morgan fingerprint density at radius 3 is 2.45 bits per heavy atom. The largest absolute Gasteiger partial charge is 0.452 e. The molecule has 0 spiro atoms. The van der Waals surface area contributed by atoms with Crippen LogP contribution in [0.25, 0.3) is 0 Å². The van der Waals surface area contributed by atoms with E-state index in [0.717, 1.165) is 6.07 Å². The number of hydrogen-bond donors (Lipinski definition) is 2. The summed E-state index contributed by atoms with van der Waals surface area (Å²) >= 11 is 3.03. The Balaban J connectivity index is 2.38. The first-order chi connectivity index (χ1) is 9.38. The molecule has 0 unspecified atom stereocenters. The number of rotatable bonds is 3. The number of amides is 1. The van der Waals surface area contributed by atoms with Crippen LogP contribution in [0.4, 0.5) is 14.5 Å². The van der Waals surface area contributed by atoms with Crippen molar-refractivity contribution in [3.05, 3.63) is 52.0 Å². The van der Waals surface area contributed by atoms with Crippen molar-refractivity contribution in [2.45, 2.75) is 0 Å². The van der Waals surface area contributed by atoms with E-state index in [1.807, 2.05) is 0 Å². The van der Waals surface area contributed by atoms with Gasteiger partial charge >= 0.3 is 0 Å². The molecule has 0 aliphatic heterocycles. The summed E-state index contributed by atoms with van der Waals surface area (Å²) in [6.07, 6.45) is 0. The van der Waals surface area contributed by atoms with Crippen LogP contribution < -0.4 is 16.2 Å². The molecular formula is C13H9BrF2N2O2. The van der Waals surface area contributed by atoms with E-state index in [9.17, 15) is 13.6 Å². The fourth-order valence-corrected chi connectivity index (χ4v) is 1.93. The smallest absolute Gasteiger partial charge is 0.248 e. The maximum atomic E-state index is 13.6. The quantitative estimate of drug-likeness (QED) is 0.664. The van der Waals surface area contributed by atoms with Gasteiger partial charge in [-0.25, -0.2) is 4.39 Å². The van der Waals surface area contributed by atoms with Gasteiger partial charge in [-0.05, 0) is 30.3 Å². The zero-order chi connectivity index (χ0) is 14.9. The van der Waals surface area contributed by atoms with E-state index in [4.69, 9.17) is 16.2 Å². The maximum Gasteiger partial charge on any atom is 0.248 e. The van der Waals surface area contributed by atoms with Crippen molar-refractivity contribution in [2.24, 2.45) is 5.73 Å². The van der Waals surface area contributed by atoms with E-state index in [-0.39, 0.29) is 22.7 Å². The lowest BCUT2D eigenvalue weighted by atomic mass is 10.2. The molecule has 0 saturated carbocycles. The van der Waals surface area contributed by atoms with Gasteiger partial charge in [0.2, 0.25) is 11.7 Å². The van der Waals surface area contributed by atoms with Gasteiger partial charge in [-0.1, -0.05) is 15.9 Å². The van der Waals surface area contributed by atoms with Gasteiger partial charge in [-0.3, -0.25) is 4.79 Å². The third-order valence-corrected chi connectivity index (χ3v) is 2.93. The van der Waals surface area contributed by atoms with Crippen LogP contribution in [0.2, 0.25) is 0 Å². The fraction of sp³-hybridized carbons (Fsp3) is 0. The van der Waals surface area contributed by atoms with Crippen LogP contribution >= 0.6 is 15.9 Å². The molecule has 2 aromatic rings. The van der Waals surface area contributed by atoms with E-state index >= 15 is 0 Å². The summed E-state index contributed by atoms with van der Waals surface area (Å²) in [7, 11) is 0. The van der Waals surface area contributed by atoms with E-state index < -0.39 is 17.5 Å². The monoisotopic (exact) mass is 342 g/mol. The molecule has 0 bridgehead atoms. The normalized spacial score (nSPS) is 10.3. The molecule has 0 saturated heterocycles. The molecule has 2 aromatic carbocycles. The van der Waals surface area contributed by atoms with Crippen molar-refractivity contribution in [3.63, 3.8) is 0 Å². The summed E-state index contributed by atoms with van der Waals surface area (Å²) in [5.41, 5.74) is 11.0. The number of carbonyl (C=O) groups is 1. The van der Waals surface area contributed by atoms with E-state index in [2.05, 4.69) is 15.9 Å². The van der Waals surface area contributed by atoms with Gasteiger partial charge in [-0.2, -0.15) is 4.39 Å². The van der Waals surface area contributed by atoms with Gasteiger partial charge in [0, 0.05) is 10.0 Å². The second kappa shape index (κ2) is 5.46. The molecule has 104 valence electrons. The molecule has 0 aromatic heterocycles. The highest BCUT2D eigenvalue weighted by atomic mass is 79.9. The minimum Gasteiger partial charge on any atom is -0.452 e. The van der Waals surface area contributed by atoms with Crippen LogP contribution in [0.5, 0.6) is 11.5 Å². The van der Waals surface area contributed by atoms with Crippen LogP contribution in [-0.4, -0.2) is 5.91 Å². The number of benzene rings is 2. The van der Waals surface area contributed by atoms with Gasteiger partial charge in [0.05, 0.1) is 5.69 Å². The molecule has 0 radical (unpaired) electrons. The molecule has 0 aliphatic carbocycles. The molecule has 7 heteroatoms. The van der Waals surface area contributed by atoms with Crippen LogP contribution in [-0.2, 0) is 0 Å². The number of halogens is 3. The number of anilines is 1. The highest BCUT2D eigenvalue weighted by Gasteiger charge is 2.14. The minimum atomic E-state index is -1.13. The van der Waals surface area contributed by atoms with E-state index in [1.54, 1.807) is 0 Å². The van der Waals surface area contributed by atoms with Crippen LogP contribution in [0.15, 0.2) is 34.8 Å². The lowest BCUT2D eigenvalue weighted by Crippen LogP contribution is -2.11.